The Labute approximate surface area is 169 Å². The molecule has 2 aromatic heterocycles. The Hall–Kier alpha value is -2.83. The molecule has 3 rings (SSSR count). The van der Waals surface area contributed by atoms with Crippen molar-refractivity contribution >= 4 is 43.2 Å². The molecule has 10 nitrogen and oxygen atoms in total. The van der Waals surface area contributed by atoms with Crippen molar-refractivity contribution in [1.82, 2.24) is 4.57 Å². The summed E-state index contributed by atoms with van der Waals surface area (Å²) in [4.78, 5) is 26.9. The maximum Gasteiger partial charge on any atom is 0.433 e. The number of carbonyl (C=O) groups excluding carboxylic acids is 1. The summed E-state index contributed by atoms with van der Waals surface area (Å²) in [5.41, 5.74) is 0.694. The van der Waals surface area contributed by atoms with E-state index in [1.807, 2.05) is 6.92 Å². The third-order valence-electron chi connectivity index (χ3n) is 3.93. The number of ether oxygens (including phenoxy) is 1. The molecule has 0 radical (unpaired) electrons. The van der Waals surface area contributed by atoms with Crippen LogP contribution in [0.3, 0.4) is 0 Å². The molecule has 1 aromatic carbocycles. The molecule has 29 heavy (non-hydrogen) atoms. The van der Waals surface area contributed by atoms with Crippen molar-refractivity contribution in [3.05, 3.63) is 51.0 Å². The zero-order valence-electron chi connectivity index (χ0n) is 15.5. The molecule has 0 aliphatic heterocycles. The topological polar surface area (TPSA) is 134 Å². The minimum Gasteiger partial charge on any atom is -0.395 e. The average molecular weight is 439 g/mol. The van der Waals surface area contributed by atoms with E-state index >= 15 is 0 Å². The SMILES string of the molecule is CCOCCn1c(=NC(=O)c2ccc([N+](=O)[O-])o2)sc2cc(S(C)(=O)=O)ccc21. The number of nitro groups is 1. The molecule has 0 unspecified atom stereocenters. The Morgan fingerprint density at radius 3 is 2.72 bits per heavy atom. The van der Waals surface area contributed by atoms with Crippen LogP contribution >= 0.6 is 11.3 Å². The zero-order valence-corrected chi connectivity index (χ0v) is 17.2. The van der Waals surface area contributed by atoms with Crippen LogP contribution in [0.25, 0.3) is 10.2 Å². The highest BCUT2D eigenvalue weighted by Crippen LogP contribution is 2.22. The number of sulfone groups is 1. The molecule has 0 bridgehead atoms. The van der Waals surface area contributed by atoms with Gasteiger partial charge in [0.1, 0.15) is 4.92 Å². The van der Waals surface area contributed by atoms with Gasteiger partial charge < -0.3 is 13.7 Å². The van der Waals surface area contributed by atoms with Gasteiger partial charge in [-0.25, -0.2) is 8.42 Å². The van der Waals surface area contributed by atoms with Gasteiger partial charge in [-0.1, -0.05) is 11.3 Å². The number of benzene rings is 1. The van der Waals surface area contributed by atoms with Crippen molar-refractivity contribution in [2.45, 2.75) is 18.4 Å². The van der Waals surface area contributed by atoms with Crippen LogP contribution in [0.4, 0.5) is 5.88 Å². The number of hydrogen-bond donors (Lipinski definition) is 0. The molecule has 0 aliphatic rings. The quantitative estimate of drug-likeness (QED) is 0.313. The summed E-state index contributed by atoms with van der Waals surface area (Å²) in [7, 11) is -3.39. The molecule has 12 heteroatoms. The first kappa shape index (κ1) is 20.9. The third kappa shape index (κ3) is 4.60. The Balaban J connectivity index is 2.10. The Morgan fingerprint density at radius 2 is 2.10 bits per heavy atom. The highest BCUT2D eigenvalue weighted by atomic mass is 32.2. The highest BCUT2D eigenvalue weighted by molar-refractivity contribution is 7.90. The van der Waals surface area contributed by atoms with E-state index < -0.39 is 26.6 Å². The molecule has 0 saturated carbocycles. The molecular formula is C17H17N3O7S2. The van der Waals surface area contributed by atoms with Gasteiger partial charge in [0, 0.05) is 19.4 Å². The van der Waals surface area contributed by atoms with Crippen molar-refractivity contribution in [3.8, 4) is 0 Å². The molecule has 0 atom stereocenters. The van der Waals surface area contributed by atoms with Gasteiger partial charge in [0.15, 0.2) is 14.6 Å². The molecule has 3 aromatic rings. The van der Waals surface area contributed by atoms with Crippen LogP contribution in [0.1, 0.15) is 17.5 Å². The van der Waals surface area contributed by atoms with Crippen LogP contribution in [0.5, 0.6) is 0 Å². The van der Waals surface area contributed by atoms with Crippen LogP contribution in [-0.2, 0) is 21.1 Å². The Morgan fingerprint density at radius 1 is 1.34 bits per heavy atom. The van der Waals surface area contributed by atoms with Gasteiger partial charge in [0.25, 0.3) is 0 Å². The number of hydrogen-bond acceptors (Lipinski definition) is 8. The molecule has 2 heterocycles. The lowest BCUT2D eigenvalue weighted by Crippen LogP contribution is -2.19. The summed E-state index contributed by atoms with van der Waals surface area (Å²) >= 11 is 1.13. The first-order chi connectivity index (χ1) is 13.7. The number of rotatable bonds is 7. The van der Waals surface area contributed by atoms with Crippen molar-refractivity contribution < 1.29 is 27.3 Å². The van der Waals surface area contributed by atoms with Gasteiger partial charge in [-0.2, -0.15) is 4.99 Å². The molecule has 0 aliphatic carbocycles. The predicted molar refractivity (Wildman–Crippen MR) is 105 cm³/mol. The second-order valence-electron chi connectivity index (χ2n) is 5.95. The molecule has 0 spiro atoms. The lowest BCUT2D eigenvalue weighted by molar-refractivity contribution is -0.402. The highest BCUT2D eigenvalue weighted by Gasteiger charge is 2.18. The van der Waals surface area contributed by atoms with Crippen molar-refractivity contribution in [3.63, 3.8) is 0 Å². The Kier molecular flexibility index (Phi) is 5.96. The second kappa shape index (κ2) is 8.27. The fourth-order valence-corrected chi connectivity index (χ4v) is 4.38. The second-order valence-corrected chi connectivity index (χ2v) is 8.97. The molecule has 0 fully saturated rings. The number of aromatic nitrogens is 1. The van der Waals surface area contributed by atoms with E-state index in [1.165, 1.54) is 18.2 Å². The number of amides is 1. The van der Waals surface area contributed by atoms with E-state index in [0.29, 0.717) is 34.8 Å². The van der Waals surface area contributed by atoms with E-state index in [0.717, 1.165) is 23.7 Å². The lowest BCUT2D eigenvalue weighted by atomic mass is 10.3. The third-order valence-corrected chi connectivity index (χ3v) is 6.08. The molecule has 0 saturated heterocycles. The predicted octanol–water partition coefficient (Wildman–Crippen LogP) is 2.39. The summed E-state index contributed by atoms with van der Waals surface area (Å²) < 4.78 is 36.3. The molecule has 154 valence electrons. The van der Waals surface area contributed by atoms with Crippen LogP contribution < -0.4 is 4.80 Å². The minimum absolute atomic E-state index is 0.155. The first-order valence-corrected chi connectivity index (χ1v) is 11.2. The van der Waals surface area contributed by atoms with Crippen molar-refractivity contribution in [1.29, 1.82) is 0 Å². The molecular weight excluding hydrogens is 422 g/mol. The summed E-state index contributed by atoms with van der Waals surface area (Å²) in [6, 6.07) is 6.92. The Bertz CT molecular complexity index is 1250. The number of carbonyl (C=O) groups is 1. The normalized spacial score (nSPS) is 12.6. The van der Waals surface area contributed by atoms with Gasteiger partial charge in [0.05, 0.1) is 27.8 Å². The smallest absolute Gasteiger partial charge is 0.395 e. The van der Waals surface area contributed by atoms with Gasteiger partial charge >= 0.3 is 11.8 Å². The van der Waals surface area contributed by atoms with Crippen molar-refractivity contribution in [2.75, 3.05) is 19.5 Å². The maximum atomic E-state index is 12.4. The first-order valence-electron chi connectivity index (χ1n) is 8.45. The van der Waals surface area contributed by atoms with Crippen LogP contribution in [0.15, 0.2) is 44.6 Å². The van der Waals surface area contributed by atoms with Crippen molar-refractivity contribution in [2.24, 2.45) is 4.99 Å². The fourth-order valence-electron chi connectivity index (χ4n) is 2.57. The van der Waals surface area contributed by atoms with Gasteiger partial charge in [0.2, 0.25) is 5.76 Å². The van der Waals surface area contributed by atoms with Crippen LogP contribution in [-0.4, -0.2) is 43.3 Å². The van der Waals surface area contributed by atoms with Gasteiger partial charge in [-0.05, 0) is 31.2 Å². The monoisotopic (exact) mass is 439 g/mol. The number of furan rings is 1. The van der Waals surface area contributed by atoms with Crippen LogP contribution in [0, 0.1) is 10.1 Å². The van der Waals surface area contributed by atoms with E-state index in [-0.39, 0.29) is 10.7 Å². The fraction of sp³-hybridized carbons (Fsp3) is 0.294. The van der Waals surface area contributed by atoms with E-state index in [9.17, 15) is 23.3 Å². The zero-order chi connectivity index (χ0) is 21.2. The number of thiazole rings is 1. The van der Waals surface area contributed by atoms with Crippen LogP contribution in [0.2, 0.25) is 0 Å². The minimum atomic E-state index is -3.39. The van der Waals surface area contributed by atoms with E-state index in [1.54, 1.807) is 10.6 Å². The summed E-state index contributed by atoms with van der Waals surface area (Å²) in [6.07, 6.45) is 1.11. The maximum absolute atomic E-state index is 12.4. The summed E-state index contributed by atoms with van der Waals surface area (Å²) in [5.74, 6) is -1.60. The largest absolute Gasteiger partial charge is 0.433 e. The van der Waals surface area contributed by atoms with Gasteiger partial charge in [-0.15, -0.1) is 0 Å². The lowest BCUT2D eigenvalue weighted by Gasteiger charge is -2.05. The van der Waals surface area contributed by atoms with E-state index in [2.05, 4.69) is 4.99 Å². The molecule has 1 amide bonds. The number of nitrogens with zero attached hydrogens (tertiary/aromatic N) is 3. The van der Waals surface area contributed by atoms with Gasteiger partial charge in [-0.3, -0.25) is 14.9 Å². The standard InChI is InChI=1S/C17H17N3O7S2/c1-3-26-9-8-19-12-5-4-11(29(2,24)25)10-14(12)28-17(19)18-16(21)13-6-7-15(27-13)20(22)23/h4-7,10H,3,8-9H2,1-2H3. The average Bonchev–Trinajstić information content (AvgIpc) is 3.26. The summed E-state index contributed by atoms with van der Waals surface area (Å²) in [6.45, 7) is 3.12. The van der Waals surface area contributed by atoms with E-state index in [4.69, 9.17) is 9.15 Å². The molecule has 0 N–H and O–H groups in total. The summed E-state index contributed by atoms with van der Waals surface area (Å²) in [5, 5.41) is 10.7. The number of fused-ring (bicyclic) bond motifs is 1.